The van der Waals surface area contributed by atoms with E-state index in [2.05, 4.69) is 20.7 Å². The molecule has 0 aliphatic heterocycles. The molecule has 2 aromatic rings. The molecule has 0 bridgehead atoms. The molecule has 0 aromatic carbocycles. The van der Waals surface area contributed by atoms with Gasteiger partial charge in [0.2, 0.25) is 5.91 Å². The fourth-order valence-corrected chi connectivity index (χ4v) is 1.42. The summed E-state index contributed by atoms with van der Waals surface area (Å²) in [5, 5.41) is 11.7. The van der Waals surface area contributed by atoms with Crippen molar-refractivity contribution in [2.45, 2.75) is 13.3 Å². The summed E-state index contributed by atoms with van der Waals surface area (Å²) in [4.78, 5) is 11.5. The van der Waals surface area contributed by atoms with E-state index < -0.39 is 0 Å². The molecule has 2 aromatic heterocycles. The Balaban J connectivity index is 1.96. The molecule has 3 N–H and O–H groups in total. The third-order valence-corrected chi connectivity index (χ3v) is 2.10. The van der Waals surface area contributed by atoms with Crippen LogP contribution in [-0.2, 0) is 11.2 Å². The van der Waals surface area contributed by atoms with E-state index >= 15 is 0 Å². The van der Waals surface area contributed by atoms with Crippen LogP contribution in [0.3, 0.4) is 0 Å². The molecule has 2 rings (SSSR count). The van der Waals surface area contributed by atoms with Gasteiger partial charge in [0.15, 0.2) is 0 Å². The second kappa shape index (κ2) is 4.31. The SMILES string of the molecule is Cc1cc(CC(=O)Nc2cc(=S)[nH][nH]2)on1. The number of aryl methyl sites for hydroxylation is 1. The quantitative estimate of drug-likeness (QED) is 0.708. The molecule has 0 aliphatic carbocycles. The summed E-state index contributed by atoms with van der Waals surface area (Å²) in [6.45, 7) is 1.80. The van der Waals surface area contributed by atoms with E-state index in [9.17, 15) is 4.79 Å². The molecule has 2 heterocycles. The summed E-state index contributed by atoms with van der Waals surface area (Å²) in [6, 6.07) is 3.35. The Morgan fingerprint density at radius 2 is 2.38 bits per heavy atom. The molecule has 84 valence electrons. The van der Waals surface area contributed by atoms with Gasteiger partial charge in [0.05, 0.1) is 12.1 Å². The molecule has 0 unspecified atom stereocenters. The van der Waals surface area contributed by atoms with Crippen LogP contribution in [0.15, 0.2) is 16.7 Å². The molecular weight excluding hydrogens is 228 g/mol. The smallest absolute Gasteiger partial charge is 0.233 e. The van der Waals surface area contributed by atoms with Gasteiger partial charge in [-0.3, -0.25) is 15.0 Å². The van der Waals surface area contributed by atoms with Crippen LogP contribution in [0.1, 0.15) is 11.5 Å². The van der Waals surface area contributed by atoms with Crippen molar-refractivity contribution in [3.05, 3.63) is 28.2 Å². The Bertz CT molecular complexity index is 554. The lowest BCUT2D eigenvalue weighted by atomic mass is 10.3. The van der Waals surface area contributed by atoms with E-state index in [1.54, 1.807) is 19.1 Å². The minimum absolute atomic E-state index is 0.145. The minimum atomic E-state index is -0.193. The maximum absolute atomic E-state index is 11.5. The summed E-state index contributed by atoms with van der Waals surface area (Å²) in [5.74, 6) is 0.872. The zero-order chi connectivity index (χ0) is 11.5. The molecule has 0 spiro atoms. The maximum atomic E-state index is 11.5. The first-order valence-electron chi connectivity index (χ1n) is 4.63. The van der Waals surface area contributed by atoms with Crippen molar-refractivity contribution in [2.24, 2.45) is 0 Å². The van der Waals surface area contributed by atoms with Crippen molar-refractivity contribution in [2.75, 3.05) is 5.32 Å². The predicted molar refractivity (Wildman–Crippen MR) is 59.6 cm³/mol. The highest BCUT2D eigenvalue weighted by molar-refractivity contribution is 7.71. The molecule has 0 saturated carbocycles. The van der Waals surface area contributed by atoms with E-state index in [-0.39, 0.29) is 12.3 Å². The van der Waals surface area contributed by atoms with Crippen molar-refractivity contribution >= 4 is 23.9 Å². The Morgan fingerprint density at radius 3 is 2.94 bits per heavy atom. The maximum Gasteiger partial charge on any atom is 0.233 e. The lowest BCUT2D eigenvalue weighted by Crippen LogP contribution is -2.14. The van der Waals surface area contributed by atoms with Crippen LogP contribution in [-0.4, -0.2) is 21.3 Å². The van der Waals surface area contributed by atoms with E-state index in [0.717, 1.165) is 5.69 Å². The zero-order valence-electron chi connectivity index (χ0n) is 8.53. The van der Waals surface area contributed by atoms with E-state index in [1.807, 2.05) is 0 Å². The first-order chi connectivity index (χ1) is 7.63. The number of aromatic nitrogens is 3. The summed E-state index contributed by atoms with van der Waals surface area (Å²) in [5.41, 5.74) is 0.754. The van der Waals surface area contributed by atoms with Gasteiger partial charge in [-0.15, -0.1) is 0 Å². The van der Waals surface area contributed by atoms with Crippen LogP contribution >= 0.6 is 12.2 Å². The van der Waals surface area contributed by atoms with Gasteiger partial charge in [-0.05, 0) is 6.92 Å². The Labute approximate surface area is 96.0 Å². The molecule has 0 atom stereocenters. The summed E-state index contributed by atoms with van der Waals surface area (Å²) in [7, 11) is 0. The van der Waals surface area contributed by atoms with Crippen LogP contribution < -0.4 is 5.32 Å². The van der Waals surface area contributed by atoms with E-state index in [4.69, 9.17) is 16.7 Å². The monoisotopic (exact) mass is 238 g/mol. The summed E-state index contributed by atoms with van der Waals surface area (Å²) < 4.78 is 5.46. The second-order valence-electron chi connectivity index (χ2n) is 3.33. The number of nitrogens with one attached hydrogen (secondary N) is 3. The summed E-state index contributed by atoms with van der Waals surface area (Å²) >= 11 is 4.85. The van der Waals surface area contributed by atoms with Gasteiger partial charge in [0.1, 0.15) is 16.2 Å². The third kappa shape index (κ3) is 2.57. The fraction of sp³-hybridized carbons (Fsp3) is 0.222. The van der Waals surface area contributed by atoms with Crippen LogP contribution in [0.4, 0.5) is 5.82 Å². The lowest BCUT2D eigenvalue weighted by molar-refractivity contribution is -0.115. The van der Waals surface area contributed by atoms with Crippen LogP contribution in [0.25, 0.3) is 0 Å². The van der Waals surface area contributed by atoms with Crippen molar-refractivity contribution in [1.82, 2.24) is 15.4 Å². The molecular formula is C9H10N4O2S. The minimum Gasteiger partial charge on any atom is -0.361 e. The Kier molecular flexibility index (Phi) is 2.86. The molecule has 6 nitrogen and oxygen atoms in total. The summed E-state index contributed by atoms with van der Waals surface area (Å²) in [6.07, 6.45) is 0.145. The molecule has 7 heteroatoms. The topological polar surface area (TPSA) is 86.7 Å². The number of H-pyrrole nitrogens is 2. The zero-order valence-corrected chi connectivity index (χ0v) is 9.35. The highest BCUT2D eigenvalue weighted by atomic mass is 32.1. The highest BCUT2D eigenvalue weighted by Gasteiger charge is 2.08. The molecule has 0 saturated heterocycles. The van der Waals surface area contributed by atoms with Crippen molar-refractivity contribution in [1.29, 1.82) is 0 Å². The number of hydrogen-bond donors (Lipinski definition) is 3. The molecule has 16 heavy (non-hydrogen) atoms. The van der Waals surface area contributed by atoms with Crippen molar-refractivity contribution < 1.29 is 9.32 Å². The average molecular weight is 238 g/mol. The molecule has 0 radical (unpaired) electrons. The van der Waals surface area contributed by atoms with Gasteiger partial charge >= 0.3 is 0 Å². The average Bonchev–Trinajstić information content (AvgIpc) is 2.76. The number of carbonyl (C=O) groups excluding carboxylic acids is 1. The van der Waals surface area contributed by atoms with Gasteiger partial charge < -0.3 is 9.84 Å². The molecule has 0 fully saturated rings. The van der Waals surface area contributed by atoms with Crippen molar-refractivity contribution in [3.8, 4) is 0 Å². The lowest BCUT2D eigenvalue weighted by Gasteiger charge is -1.98. The Morgan fingerprint density at radius 1 is 1.56 bits per heavy atom. The number of anilines is 1. The van der Waals surface area contributed by atoms with Gasteiger partial charge in [-0.2, -0.15) is 0 Å². The number of nitrogens with zero attached hydrogens (tertiary/aromatic N) is 1. The van der Waals surface area contributed by atoms with Crippen LogP contribution in [0.2, 0.25) is 0 Å². The Hall–Kier alpha value is -1.89. The molecule has 0 aliphatic rings. The number of aromatic amines is 2. The van der Waals surface area contributed by atoms with Crippen LogP contribution in [0.5, 0.6) is 0 Å². The third-order valence-electron chi connectivity index (χ3n) is 1.88. The number of hydrogen-bond acceptors (Lipinski definition) is 4. The second-order valence-corrected chi connectivity index (χ2v) is 3.77. The first-order valence-corrected chi connectivity index (χ1v) is 5.04. The predicted octanol–water partition coefficient (Wildman–Crippen LogP) is 1.55. The van der Waals surface area contributed by atoms with Crippen molar-refractivity contribution in [3.63, 3.8) is 0 Å². The first kappa shape index (κ1) is 10.6. The number of rotatable bonds is 3. The fourth-order valence-electron chi connectivity index (χ4n) is 1.25. The van der Waals surface area contributed by atoms with Gasteiger partial charge in [-0.25, -0.2) is 0 Å². The number of carbonyl (C=O) groups is 1. The van der Waals surface area contributed by atoms with E-state index in [1.165, 1.54) is 0 Å². The highest BCUT2D eigenvalue weighted by Crippen LogP contribution is 2.06. The van der Waals surface area contributed by atoms with Gasteiger partial charge in [0.25, 0.3) is 0 Å². The van der Waals surface area contributed by atoms with Gasteiger partial charge in [-0.1, -0.05) is 17.4 Å². The molecule has 1 amide bonds. The number of amides is 1. The van der Waals surface area contributed by atoms with Gasteiger partial charge in [0, 0.05) is 12.1 Å². The standard InChI is InChI=1S/C9H10N4O2S/c1-5-2-6(15-13-5)3-8(14)10-7-4-9(16)12-11-7/h2,4H,3H2,1H3,(H3,10,11,12,14,16). The van der Waals surface area contributed by atoms with Crippen LogP contribution in [0, 0.1) is 11.6 Å². The van der Waals surface area contributed by atoms with E-state index in [0.29, 0.717) is 16.2 Å². The largest absolute Gasteiger partial charge is 0.361 e. The normalized spacial score (nSPS) is 10.3.